The Morgan fingerprint density at radius 2 is 1.69 bits per heavy atom. The van der Waals surface area contributed by atoms with E-state index in [1.165, 1.54) is 43.4 Å². The van der Waals surface area contributed by atoms with Crippen LogP contribution in [0, 0.1) is 0 Å². The zero-order valence-electron chi connectivity index (χ0n) is 17.1. The molecule has 1 N–H and O–H groups in total. The van der Waals surface area contributed by atoms with E-state index in [0.717, 1.165) is 49.5 Å². The second kappa shape index (κ2) is 8.05. The highest BCUT2D eigenvalue weighted by atomic mass is 16.2. The minimum absolute atomic E-state index is 0.275. The third kappa shape index (κ3) is 3.83. The lowest BCUT2D eigenvalue weighted by Gasteiger charge is -2.38. The largest absolute Gasteiger partial charge is 0.372 e. The van der Waals surface area contributed by atoms with E-state index in [2.05, 4.69) is 50.4 Å². The van der Waals surface area contributed by atoms with E-state index < -0.39 is 0 Å². The number of amides is 1. The van der Waals surface area contributed by atoms with Crippen LogP contribution in [0.15, 0.2) is 36.5 Å². The number of aryl methyl sites for hydroxylation is 1. The van der Waals surface area contributed by atoms with Crippen molar-refractivity contribution in [1.29, 1.82) is 0 Å². The van der Waals surface area contributed by atoms with Crippen LogP contribution < -0.4 is 15.1 Å². The van der Waals surface area contributed by atoms with Crippen LogP contribution in [0.1, 0.15) is 56.9 Å². The van der Waals surface area contributed by atoms with Gasteiger partial charge in [0.25, 0.3) is 0 Å². The second-order valence-electron chi connectivity index (χ2n) is 8.62. The standard InChI is InChI=1S/C24H30N4O/c29-24-13-8-18-17-25-23(16-22(18)28(24)21-6-2-1-3-7-21)26-19-9-11-20(12-10-19)27-14-4-5-15-27/h9-12,16-17,21H,1-8,13-15H2,(H,25,26). The lowest BCUT2D eigenvalue weighted by atomic mass is 9.91. The second-order valence-corrected chi connectivity index (χ2v) is 8.62. The molecular weight excluding hydrogens is 360 g/mol. The van der Waals surface area contributed by atoms with E-state index in [1.54, 1.807) is 0 Å². The van der Waals surface area contributed by atoms with Crippen LogP contribution in [-0.4, -0.2) is 30.0 Å². The lowest BCUT2D eigenvalue weighted by Crippen LogP contribution is -2.44. The zero-order chi connectivity index (χ0) is 19.6. The van der Waals surface area contributed by atoms with Crippen molar-refractivity contribution < 1.29 is 4.79 Å². The van der Waals surface area contributed by atoms with Crippen molar-refractivity contribution in [2.45, 2.75) is 63.8 Å². The van der Waals surface area contributed by atoms with Crippen molar-refractivity contribution in [3.8, 4) is 0 Å². The average molecular weight is 391 g/mol. The van der Waals surface area contributed by atoms with Crippen LogP contribution in [-0.2, 0) is 11.2 Å². The van der Waals surface area contributed by atoms with E-state index in [0.29, 0.717) is 12.5 Å². The fourth-order valence-corrected chi connectivity index (χ4v) is 5.07. The minimum atomic E-state index is 0.275. The molecule has 1 aromatic heterocycles. The third-order valence-corrected chi connectivity index (χ3v) is 6.65. The maximum absolute atomic E-state index is 12.8. The maximum atomic E-state index is 12.8. The lowest BCUT2D eigenvalue weighted by molar-refractivity contribution is -0.119. The van der Waals surface area contributed by atoms with Crippen molar-refractivity contribution in [1.82, 2.24) is 4.98 Å². The number of aromatic nitrogens is 1. The van der Waals surface area contributed by atoms with Crippen molar-refractivity contribution in [2.24, 2.45) is 0 Å². The van der Waals surface area contributed by atoms with Crippen molar-refractivity contribution in [3.63, 3.8) is 0 Å². The molecule has 2 fully saturated rings. The van der Waals surface area contributed by atoms with Crippen LogP contribution in [0.3, 0.4) is 0 Å². The van der Waals surface area contributed by atoms with E-state index >= 15 is 0 Å². The molecule has 5 rings (SSSR count). The molecule has 1 aliphatic carbocycles. The smallest absolute Gasteiger partial charge is 0.227 e. The number of hydrogen-bond acceptors (Lipinski definition) is 4. The van der Waals surface area contributed by atoms with Crippen molar-refractivity contribution >= 4 is 28.8 Å². The number of fused-ring (bicyclic) bond motifs is 1. The number of carbonyl (C=O) groups excluding carboxylic acids is 1. The Morgan fingerprint density at radius 3 is 2.45 bits per heavy atom. The first-order valence-electron chi connectivity index (χ1n) is 11.2. The number of benzene rings is 1. The molecule has 0 atom stereocenters. The molecule has 0 bridgehead atoms. The number of nitrogens with zero attached hydrogens (tertiary/aromatic N) is 3. The SMILES string of the molecule is O=C1CCc2cnc(Nc3ccc(N4CCCC4)cc3)cc2N1C1CCCCC1. The first kappa shape index (κ1) is 18.5. The quantitative estimate of drug-likeness (QED) is 0.795. The van der Waals surface area contributed by atoms with Gasteiger partial charge in [0.1, 0.15) is 5.82 Å². The topological polar surface area (TPSA) is 48.5 Å². The molecule has 2 aliphatic heterocycles. The predicted octanol–water partition coefficient (Wildman–Crippen LogP) is 5.04. The molecule has 0 unspecified atom stereocenters. The predicted molar refractivity (Wildman–Crippen MR) is 118 cm³/mol. The maximum Gasteiger partial charge on any atom is 0.227 e. The fourth-order valence-electron chi connectivity index (χ4n) is 5.07. The summed E-state index contributed by atoms with van der Waals surface area (Å²) in [6.07, 6.45) is 11.9. The summed E-state index contributed by atoms with van der Waals surface area (Å²) in [6.45, 7) is 2.31. The summed E-state index contributed by atoms with van der Waals surface area (Å²) >= 11 is 0. The molecular formula is C24H30N4O. The van der Waals surface area contributed by atoms with Gasteiger partial charge in [-0.15, -0.1) is 0 Å². The number of carbonyl (C=O) groups is 1. The van der Waals surface area contributed by atoms with E-state index in [4.69, 9.17) is 0 Å². The molecule has 1 aromatic carbocycles. The van der Waals surface area contributed by atoms with Crippen molar-refractivity contribution in [2.75, 3.05) is 28.2 Å². The molecule has 3 heterocycles. The third-order valence-electron chi connectivity index (χ3n) is 6.65. The Balaban J connectivity index is 1.36. The molecule has 0 spiro atoms. The number of pyridine rings is 1. The molecule has 152 valence electrons. The van der Waals surface area contributed by atoms with Gasteiger partial charge in [0, 0.05) is 49.2 Å². The first-order chi connectivity index (χ1) is 14.3. The molecule has 1 amide bonds. The summed E-state index contributed by atoms with van der Waals surface area (Å²) in [6, 6.07) is 11.0. The van der Waals surface area contributed by atoms with Gasteiger partial charge in [-0.2, -0.15) is 0 Å². The normalized spacial score (nSPS) is 20.1. The van der Waals surface area contributed by atoms with Gasteiger partial charge in [-0.3, -0.25) is 4.79 Å². The molecule has 1 saturated carbocycles. The van der Waals surface area contributed by atoms with Gasteiger partial charge >= 0.3 is 0 Å². The summed E-state index contributed by atoms with van der Waals surface area (Å²) < 4.78 is 0. The summed E-state index contributed by atoms with van der Waals surface area (Å²) in [5.41, 5.74) is 4.59. The van der Waals surface area contributed by atoms with Gasteiger partial charge in [-0.1, -0.05) is 19.3 Å². The molecule has 5 heteroatoms. The summed E-state index contributed by atoms with van der Waals surface area (Å²) in [4.78, 5) is 21.9. The highest BCUT2D eigenvalue weighted by molar-refractivity contribution is 5.97. The van der Waals surface area contributed by atoms with Crippen LogP contribution >= 0.6 is 0 Å². The zero-order valence-corrected chi connectivity index (χ0v) is 17.1. The Morgan fingerprint density at radius 1 is 0.931 bits per heavy atom. The van der Waals surface area contributed by atoms with E-state index in [-0.39, 0.29) is 5.91 Å². The molecule has 1 saturated heterocycles. The Kier molecular flexibility index (Phi) is 5.13. The number of anilines is 4. The number of rotatable bonds is 4. The Hall–Kier alpha value is -2.56. The summed E-state index contributed by atoms with van der Waals surface area (Å²) in [5, 5.41) is 3.44. The monoisotopic (exact) mass is 390 g/mol. The fraction of sp³-hybridized carbons (Fsp3) is 0.500. The average Bonchev–Trinajstić information content (AvgIpc) is 3.30. The molecule has 29 heavy (non-hydrogen) atoms. The number of nitrogens with one attached hydrogen (secondary N) is 1. The first-order valence-corrected chi connectivity index (χ1v) is 11.2. The van der Waals surface area contributed by atoms with Crippen LogP contribution in [0.5, 0.6) is 0 Å². The van der Waals surface area contributed by atoms with Gasteiger partial charge in [-0.25, -0.2) is 4.98 Å². The van der Waals surface area contributed by atoms with Gasteiger partial charge in [-0.05, 0) is 61.9 Å². The van der Waals surface area contributed by atoms with Gasteiger partial charge in [0.2, 0.25) is 5.91 Å². The van der Waals surface area contributed by atoms with Gasteiger partial charge in [0.05, 0.1) is 5.69 Å². The molecule has 5 nitrogen and oxygen atoms in total. The van der Waals surface area contributed by atoms with Crippen molar-refractivity contribution in [3.05, 3.63) is 42.1 Å². The van der Waals surface area contributed by atoms with E-state index in [1.807, 2.05) is 6.20 Å². The Labute approximate surface area is 173 Å². The van der Waals surface area contributed by atoms with Gasteiger partial charge < -0.3 is 15.1 Å². The molecule has 2 aromatic rings. The summed E-state index contributed by atoms with van der Waals surface area (Å²) in [5.74, 6) is 1.09. The van der Waals surface area contributed by atoms with Crippen LogP contribution in [0.2, 0.25) is 0 Å². The minimum Gasteiger partial charge on any atom is -0.372 e. The van der Waals surface area contributed by atoms with Crippen LogP contribution in [0.4, 0.5) is 22.9 Å². The van der Waals surface area contributed by atoms with E-state index in [9.17, 15) is 4.79 Å². The van der Waals surface area contributed by atoms with Crippen LogP contribution in [0.25, 0.3) is 0 Å². The highest BCUT2D eigenvalue weighted by Crippen LogP contribution is 2.35. The molecule has 3 aliphatic rings. The summed E-state index contributed by atoms with van der Waals surface area (Å²) in [7, 11) is 0. The highest BCUT2D eigenvalue weighted by Gasteiger charge is 2.31. The number of hydrogen-bond donors (Lipinski definition) is 1. The Bertz CT molecular complexity index is 867. The molecule has 0 radical (unpaired) electrons. The van der Waals surface area contributed by atoms with Gasteiger partial charge in [0.15, 0.2) is 0 Å².